The van der Waals surface area contributed by atoms with Crippen LogP contribution >= 0.6 is 22.9 Å². The van der Waals surface area contributed by atoms with Gasteiger partial charge in [-0.1, -0.05) is 29.0 Å². The highest BCUT2D eigenvalue weighted by molar-refractivity contribution is 7.22. The number of aromatic nitrogens is 3. The zero-order valence-corrected chi connectivity index (χ0v) is 19.3. The number of rotatable bonds is 8. The number of anilines is 1. The van der Waals surface area contributed by atoms with E-state index in [0.29, 0.717) is 51.6 Å². The molecule has 0 N–H and O–H groups in total. The smallest absolute Gasteiger partial charge is 0.260 e. The molecule has 0 aliphatic heterocycles. The molecule has 0 aliphatic carbocycles. The minimum absolute atomic E-state index is 0.258. The van der Waals surface area contributed by atoms with Gasteiger partial charge in [0.05, 0.1) is 37.6 Å². The monoisotopic (exact) mass is 472 g/mol. The van der Waals surface area contributed by atoms with Crippen molar-refractivity contribution in [3.05, 3.63) is 59.4 Å². The second-order valence-electron chi connectivity index (χ2n) is 6.72. The van der Waals surface area contributed by atoms with E-state index >= 15 is 0 Å². The average molecular weight is 473 g/mol. The van der Waals surface area contributed by atoms with Crippen molar-refractivity contribution in [2.24, 2.45) is 0 Å². The van der Waals surface area contributed by atoms with Gasteiger partial charge < -0.3 is 14.2 Å². The van der Waals surface area contributed by atoms with E-state index in [1.165, 1.54) is 32.7 Å². The van der Waals surface area contributed by atoms with E-state index in [1.54, 1.807) is 34.0 Å². The fourth-order valence-electron chi connectivity index (χ4n) is 3.30. The Hall–Kier alpha value is -3.30. The average Bonchev–Trinajstić information content (AvgIpc) is 3.48. The molecule has 10 heteroatoms. The first kappa shape index (κ1) is 21.9. The van der Waals surface area contributed by atoms with Crippen LogP contribution in [0.25, 0.3) is 10.2 Å². The highest BCUT2D eigenvalue weighted by Crippen LogP contribution is 2.39. The summed E-state index contributed by atoms with van der Waals surface area (Å²) in [7, 11) is 4.54. The van der Waals surface area contributed by atoms with E-state index in [9.17, 15) is 4.79 Å². The van der Waals surface area contributed by atoms with Gasteiger partial charge in [0.15, 0.2) is 16.6 Å². The molecule has 0 fully saturated rings. The third-order valence-corrected chi connectivity index (χ3v) is 6.21. The quantitative estimate of drug-likeness (QED) is 0.375. The number of ether oxygens (including phenoxy) is 3. The molecule has 0 saturated heterocycles. The first-order valence-electron chi connectivity index (χ1n) is 9.70. The van der Waals surface area contributed by atoms with Crippen LogP contribution < -0.4 is 19.1 Å². The first-order chi connectivity index (χ1) is 15.5. The highest BCUT2D eigenvalue weighted by atomic mass is 35.5. The Morgan fingerprint density at radius 2 is 1.88 bits per heavy atom. The third-order valence-electron chi connectivity index (χ3n) is 4.86. The zero-order valence-electron chi connectivity index (χ0n) is 17.7. The summed E-state index contributed by atoms with van der Waals surface area (Å²) in [5.41, 5.74) is 1.04. The van der Waals surface area contributed by atoms with Gasteiger partial charge in [-0.05, 0) is 30.3 Å². The Balaban J connectivity index is 1.76. The summed E-state index contributed by atoms with van der Waals surface area (Å²) in [5, 5.41) is 5.31. The summed E-state index contributed by atoms with van der Waals surface area (Å²) in [6.45, 7) is 0.849. The van der Waals surface area contributed by atoms with Gasteiger partial charge in [0.25, 0.3) is 5.91 Å². The number of methoxy groups -OCH3 is 3. The Morgan fingerprint density at radius 1 is 1.12 bits per heavy atom. The van der Waals surface area contributed by atoms with E-state index < -0.39 is 0 Å². The van der Waals surface area contributed by atoms with Crippen LogP contribution in [-0.4, -0.2) is 48.5 Å². The predicted molar refractivity (Wildman–Crippen MR) is 125 cm³/mol. The van der Waals surface area contributed by atoms with Crippen molar-refractivity contribution < 1.29 is 19.0 Å². The summed E-state index contributed by atoms with van der Waals surface area (Å²) in [5.74, 6) is 0.956. The first-order valence-corrected chi connectivity index (χ1v) is 10.9. The number of para-hydroxylation sites is 1. The standard InChI is InChI=1S/C22H21ClN4O4S/c1-29-16-12-14(13-17(30-2)20(16)31-3)21(28)27(11-10-26-9-5-8-24-26)22-25-19-15(23)6-4-7-18(19)32-22/h4-9,12-13H,10-11H2,1-3H3. The number of amides is 1. The molecule has 166 valence electrons. The maximum Gasteiger partial charge on any atom is 0.260 e. The van der Waals surface area contributed by atoms with Gasteiger partial charge >= 0.3 is 0 Å². The number of carbonyl (C=O) groups excluding carboxylic acids is 1. The SMILES string of the molecule is COc1cc(C(=O)N(CCn2cccn2)c2nc3c(Cl)cccc3s2)cc(OC)c1OC. The lowest BCUT2D eigenvalue weighted by atomic mass is 10.1. The molecule has 0 aliphatic rings. The minimum atomic E-state index is -0.258. The van der Waals surface area contributed by atoms with Crippen molar-refractivity contribution in [3.63, 3.8) is 0 Å². The molecule has 1 amide bonds. The molecule has 0 saturated carbocycles. The maximum absolute atomic E-state index is 13.7. The molecular formula is C22H21ClN4O4S. The molecule has 0 bridgehead atoms. The van der Waals surface area contributed by atoms with Crippen molar-refractivity contribution in [2.45, 2.75) is 6.54 Å². The zero-order chi connectivity index (χ0) is 22.7. The molecule has 0 atom stereocenters. The Labute approximate surface area is 193 Å². The van der Waals surface area contributed by atoms with Crippen LogP contribution in [0, 0.1) is 0 Å². The van der Waals surface area contributed by atoms with Crippen LogP contribution in [0.1, 0.15) is 10.4 Å². The van der Waals surface area contributed by atoms with Crippen LogP contribution in [-0.2, 0) is 6.54 Å². The summed E-state index contributed by atoms with van der Waals surface area (Å²) in [6.07, 6.45) is 3.54. The summed E-state index contributed by atoms with van der Waals surface area (Å²) in [4.78, 5) is 19.9. The molecule has 2 aromatic heterocycles. The maximum atomic E-state index is 13.7. The van der Waals surface area contributed by atoms with Crippen molar-refractivity contribution in [1.29, 1.82) is 0 Å². The summed E-state index contributed by atoms with van der Waals surface area (Å²) >= 11 is 7.72. The van der Waals surface area contributed by atoms with Gasteiger partial charge in [0, 0.05) is 24.5 Å². The van der Waals surface area contributed by atoms with Crippen molar-refractivity contribution >= 4 is 44.2 Å². The Morgan fingerprint density at radius 3 is 2.47 bits per heavy atom. The van der Waals surface area contributed by atoms with Crippen molar-refractivity contribution in [3.8, 4) is 17.2 Å². The largest absolute Gasteiger partial charge is 0.493 e. The number of fused-ring (bicyclic) bond motifs is 1. The Kier molecular flexibility index (Phi) is 6.48. The van der Waals surface area contributed by atoms with Gasteiger partial charge in [-0.2, -0.15) is 5.10 Å². The molecule has 0 unspecified atom stereocenters. The highest BCUT2D eigenvalue weighted by Gasteiger charge is 2.25. The van der Waals surface area contributed by atoms with Crippen LogP contribution in [0.2, 0.25) is 5.02 Å². The number of nitrogens with zero attached hydrogens (tertiary/aromatic N) is 4. The number of carbonyl (C=O) groups is 1. The molecular weight excluding hydrogens is 452 g/mol. The van der Waals surface area contributed by atoms with E-state index in [4.69, 9.17) is 25.8 Å². The van der Waals surface area contributed by atoms with E-state index in [0.717, 1.165) is 4.70 Å². The fraction of sp³-hybridized carbons (Fsp3) is 0.227. The molecule has 2 aromatic carbocycles. The van der Waals surface area contributed by atoms with E-state index in [1.807, 2.05) is 24.4 Å². The number of hydrogen-bond donors (Lipinski definition) is 0. The minimum Gasteiger partial charge on any atom is -0.493 e. The molecule has 2 heterocycles. The lowest BCUT2D eigenvalue weighted by molar-refractivity contribution is 0.0985. The van der Waals surface area contributed by atoms with Crippen LogP contribution in [0.15, 0.2) is 48.8 Å². The van der Waals surface area contributed by atoms with Gasteiger partial charge in [0.2, 0.25) is 5.75 Å². The van der Waals surface area contributed by atoms with Gasteiger partial charge in [-0.25, -0.2) is 4.98 Å². The summed E-state index contributed by atoms with van der Waals surface area (Å²) < 4.78 is 18.9. The fourth-order valence-corrected chi connectivity index (χ4v) is 4.59. The van der Waals surface area contributed by atoms with Crippen LogP contribution in [0.4, 0.5) is 5.13 Å². The van der Waals surface area contributed by atoms with Gasteiger partial charge in [0.1, 0.15) is 5.52 Å². The van der Waals surface area contributed by atoms with Crippen molar-refractivity contribution in [1.82, 2.24) is 14.8 Å². The number of halogens is 1. The number of thiazole rings is 1. The number of benzene rings is 2. The molecule has 4 aromatic rings. The normalized spacial score (nSPS) is 10.9. The van der Waals surface area contributed by atoms with E-state index in [2.05, 4.69) is 10.1 Å². The predicted octanol–water partition coefficient (Wildman–Crippen LogP) is 4.52. The molecule has 8 nitrogen and oxygen atoms in total. The second kappa shape index (κ2) is 9.46. The lowest BCUT2D eigenvalue weighted by Gasteiger charge is -2.21. The second-order valence-corrected chi connectivity index (χ2v) is 8.14. The lowest BCUT2D eigenvalue weighted by Crippen LogP contribution is -2.34. The third kappa shape index (κ3) is 4.21. The van der Waals surface area contributed by atoms with Crippen LogP contribution in [0.5, 0.6) is 17.2 Å². The van der Waals surface area contributed by atoms with Gasteiger partial charge in [-0.15, -0.1) is 0 Å². The van der Waals surface area contributed by atoms with Crippen LogP contribution in [0.3, 0.4) is 0 Å². The molecule has 0 radical (unpaired) electrons. The molecule has 4 rings (SSSR count). The number of hydrogen-bond acceptors (Lipinski definition) is 7. The molecule has 32 heavy (non-hydrogen) atoms. The van der Waals surface area contributed by atoms with E-state index in [-0.39, 0.29) is 5.91 Å². The Bertz CT molecular complexity index is 1220. The van der Waals surface area contributed by atoms with Crippen molar-refractivity contribution in [2.75, 3.05) is 32.8 Å². The topological polar surface area (TPSA) is 78.7 Å². The molecule has 0 spiro atoms. The summed E-state index contributed by atoms with van der Waals surface area (Å²) in [6, 6.07) is 10.7. The van der Waals surface area contributed by atoms with Gasteiger partial charge in [-0.3, -0.25) is 14.4 Å².